The number of allylic oxidation sites excluding steroid dienone is 1. The summed E-state index contributed by atoms with van der Waals surface area (Å²) in [6, 6.07) is 8.20. The highest BCUT2D eigenvalue weighted by Crippen LogP contribution is 2.27. The zero-order valence-corrected chi connectivity index (χ0v) is 18.6. The van der Waals surface area contributed by atoms with Crippen LogP contribution >= 0.6 is 0 Å². The van der Waals surface area contributed by atoms with Gasteiger partial charge in [-0.3, -0.25) is 19.6 Å². The monoisotopic (exact) mass is 417 g/mol. The Morgan fingerprint density at radius 1 is 1.03 bits per heavy atom. The van der Waals surface area contributed by atoms with E-state index in [1.165, 1.54) is 0 Å². The number of carbonyl (C=O) groups excluding carboxylic acids is 3. The van der Waals surface area contributed by atoms with Crippen molar-refractivity contribution in [3.8, 4) is 0 Å². The van der Waals surface area contributed by atoms with Crippen molar-refractivity contribution < 1.29 is 19.6 Å². The molecule has 0 aliphatic heterocycles. The Labute approximate surface area is 179 Å². The van der Waals surface area contributed by atoms with Crippen molar-refractivity contribution in [2.75, 3.05) is 5.32 Å². The molecule has 0 aliphatic rings. The van der Waals surface area contributed by atoms with Gasteiger partial charge in [-0.25, -0.2) is 5.48 Å². The molecule has 166 valence electrons. The van der Waals surface area contributed by atoms with E-state index >= 15 is 0 Å². The van der Waals surface area contributed by atoms with Crippen molar-refractivity contribution in [2.45, 2.75) is 53.5 Å². The van der Waals surface area contributed by atoms with Crippen LogP contribution in [0.15, 0.2) is 43.0 Å². The van der Waals surface area contributed by atoms with Crippen molar-refractivity contribution in [3.05, 3.63) is 43.0 Å². The smallest absolute Gasteiger partial charge is 0.247 e. The molecule has 0 aliphatic carbocycles. The summed E-state index contributed by atoms with van der Waals surface area (Å²) in [5.74, 6) is -2.75. The van der Waals surface area contributed by atoms with Crippen molar-refractivity contribution in [1.29, 1.82) is 0 Å². The predicted molar refractivity (Wildman–Crippen MR) is 118 cm³/mol. The van der Waals surface area contributed by atoms with Gasteiger partial charge in [-0.05, 0) is 36.3 Å². The van der Waals surface area contributed by atoms with Crippen molar-refractivity contribution in [3.63, 3.8) is 0 Å². The van der Waals surface area contributed by atoms with Crippen LogP contribution in [0.1, 0.15) is 47.5 Å². The first-order valence-electron chi connectivity index (χ1n) is 10.2. The number of amides is 3. The topological polar surface area (TPSA) is 108 Å². The second-order valence-corrected chi connectivity index (χ2v) is 9.01. The first-order chi connectivity index (χ1) is 14.0. The molecule has 1 aromatic rings. The fourth-order valence-electron chi connectivity index (χ4n) is 3.34. The Hall–Kier alpha value is -2.67. The summed E-state index contributed by atoms with van der Waals surface area (Å²) >= 11 is 0. The summed E-state index contributed by atoms with van der Waals surface area (Å²) in [4.78, 5) is 38.4. The Morgan fingerprint density at radius 2 is 1.63 bits per heavy atom. The average molecular weight is 418 g/mol. The van der Waals surface area contributed by atoms with E-state index in [4.69, 9.17) is 5.21 Å². The minimum atomic E-state index is -0.818. The molecule has 0 aromatic heterocycles. The Bertz CT molecular complexity index is 726. The molecule has 0 fully saturated rings. The quantitative estimate of drug-likeness (QED) is 0.265. The van der Waals surface area contributed by atoms with Gasteiger partial charge in [0, 0.05) is 5.69 Å². The van der Waals surface area contributed by atoms with Gasteiger partial charge in [0.1, 0.15) is 6.04 Å². The molecule has 1 aromatic carbocycles. The SMILES string of the molecule is C=CC[C@H](C(=O)NO)[C@@H](CC(C)C)C(=O)N[C@H](C(=O)Nc1ccccc1)C(C)(C)C. The largest absolute Gasteiger partial charge is 0.344 e. The van der Waals surface area contributed by atoms with E-state index in [0.29, 0.717) is 12.1 Å². The van der Waals surface area contributed by atoms with Crippen molar-refractivity contribution >= 4 is 23.4 Å². The van der Waals surface area contributed by atoms with E-state index in [-0.39, 0.29) is 18.2 Å². The summed E-state index contributed by atoms with van der Waals surface area (Å²) in [6.07, 6.45) is 2.20. The highest BCUT2D eigenvalue weighted by Gasteiger charge is 2.38. The van der Waals surface area contributed by atoms with Crippen LogP contribution in [0.4, 0.5) is 5.69 Å². The fraction of sp³-hybridized carbons (Fsp3) is 0.522. The first-order valence-corrected chi connectivity index (χ1v) is 10.2. The molecule has 7 heteroatoms. The average Bonchev–Trinajstić information content (AvgIpc) is 2.67. The highest BCUT2D eigenvalue weighted by molar-refractivity contribution is 5.98. The molecule has 0 heterocycles. The van der Waals surface area contributed by atoms with E-state index in [2.05, 4.69) is 17.2 Å². The molecular weight excluding hydrogens is 382 g/mol. The van der Waals surface area contributed by atoms with Gasteiger partial charge in [0.25, 0.3) is 0 Å². The van der Waals surface area contributed by atoms with Crippen LogP contribution in [0.5, 0.6) is 0 Å². The second-order valence-electron chi connectivity index (χ2n) is 9.01. The molecule has 0 spiro atoms. The fourth-order valence-corrected chi connectivity index (χ4v) is 3.34. The molecule has 3 amide bonds. The summed E-state index contributed by atoms with van der Waals surface area (Å²) in [6.45, 7) is 13.1. The van der Waals surface area contributed by atoms with Crippen molar-refractivity contribution in [1.82, 2.24) is 10.8 Å². The van der Waals surface area contributed by atoms with Crippen LogP contribution in [0.2, 0.25) is 0 Å². The van der Waals surface area contributed by atoms with Gasteiger partial charge in [-0.1, -0.05) is 58.9 Å². The molecule has 0 saturated heterocycles. The number of hydroxylamine groups is 1. The zero-order chi connectivity index (χ0) is 22.9. The van der Waals surface area contributed by atoms with E-state index < -0.39 is 35.1 Å². The number of para-hydroxylation sites is 1. The first kappa shape index (κ1) is 25.4. The molecule has 30 heavy (non-hydrogen) atoms. The minimum Gasteiger partial charge on any atom is -0.344 e. The lowest BCUT2D eigenvalue weighted by Gasteiger charge is -2.33. The summed E-state index contributed by atoms with van der Waals surface area (Å²) in [5, 5.41) is 14.8. The van der Waals surface area contributed by atoms with E-state index in [0.717, 1.165) is 0 Å². The van der Waals surface area contributed by atoms with Gasteiger partial charge in [-0.2, -0.15) is 0 Å². The third-order valence-electron chi connectivity index (χ3n) is 4.87. The molecule has 0 unspecified atom stereocenters. The number of anilines is 1. The minimum absolute atomic E-state index is 0.130. The Kier molecular flexibility index (Phi) is 9.72. The maximum Gasteiger partial charge on any atom is 0.247 e. The molecule has 7 nitrogen and oxygen atoms in total. The highest BCUT2D eigenvalue weighted by atomic mass is 16.5. The molecule has 1 rings (SSSR count). The zero-order valence-electron chi connectivity index (χ0n) is 18.6. The number of carbonyl (C=O) groups is 3. The van der Waals surface area contributed by atoms with Crippen LogP contribution in [-0.2, 0) is 14.4 Å². The van der Waals surface area contributed by atoms with Gasteiger partial charge < -0.3 is 10.6 Å². The third-order valence-corrected chi connectivity index (χ3v) is 4.87. The van der Waals surface area contributed by atoms with Gasteiger partial charge in [0.05, 0.1) is 11.8 Å². The summed E-state index contributed by atoms with van der Waals surface area (Å²) < 4.78 is 0. The van der Waals surface area contributed by atoms with Gasteiger partial charge in [0.15, 0.2) is 0 Å². The molecule has 0 bridgehead atoms. The lowest BCUT2D eigenvalue weighted by Crippen LogP contribution is -2.54. The summed E-state index contributed by atoms with van der Waals surface area (Å²) in [5.41, 5.74) is 1.72. The van der Waals surface area contributed by atoms with Crippen molar-refractivity contribution in [2.24, 2.45) is 23.2 Å². The maximum atomic E-state index is 13.2. The number of hydrogen-bond donors (Lipinski definition) is 4. The number of rotatable bonds is 10. The molecule has 0 saturated carbocycles. The second kappa shape index (κ2) is 11.5. The van der Waals surface area contributed by atoms with Crippen LogP contribution < -0.4 is 16.1 Å². The van der Waals surface area contributed by atoms with Crippen LogP contribution in [0, 0.1) is 23.2 Å². The molecule has 0 radical (unpaired) electrons. The van der Waals surface area contributed by atoms with Gasteiger partial charge in [-0.15, -0.1) is 6.58 Å². The van der Waals surface area contributed by atoms with Gasteiger partial charge in [0.2, 0.25) is 17.7 Å². The number of nitrogens with one attached hydrogen (secondary N) is 3. The number of benzene rings is 1. The van der Waals surface area contributed by atoms with E-state index in [1.54, 1.807) is 23.7 Å². The van der Waals surface area contributed by atoms with Gasteiger partial charge >= 0.3 is 0 Å². The summed E-state index contributed by atoms with van der Waals surface area (Å²) in [7, 11) is 0. The number of hydrogen-bond acceptors (Lipinski definition) is 4. The van der Waals surface area contributed by atoms with E-state index in [9.17, 15) is 14.4 Å². The van der Waals surface area contributed by atoms with E-state index in [1.807, 2.05) is 52.8 Å². The normalized spacial score (nSPS) is 14.4. The maximum absolute atomic E-state index is 13.2. The molecule has 3 atom stereocenters. The molecular formula is C23H35N3O4. The predicted octanol–water partition coefficient (Wildman–Crippen LogP) is 3.52. The Balaban J connectivity index is 3.14. The lowest BCUT2D eigenvalue weighted by atomic mass is 9.80. The van der Waals surface area contributed by atoms with Crippen LogP contribution in [-0.4, -0.2) is 29.0 Å². The third kappa shape index (κ3) is 7.63. The molecule has 4 N–H and O–H groups in total. The van der Waals surface area contributed by atoms with Crippen LogP contribution in [0.25, 0.3) is 0 Å². The standard InChI is InChI=1S/C23H35N3O4/c1-7-11-17(21(28)26-30)18(14-15(2)3)20(27)25-19(23(4,5)6)22(29)24-16-12-9-8-10-13-16/h7-10,12-13,15,17-19,30H,1,11,14H2,2-6H3,(H,24,29)(H,25,27)(H,26,28)/t17-,18+,19+/m0/s1. The lowest BCUT2D eigenvalue weighted by molar-refractivity contribution is -0.141. The Morgan fingerprint density at radius 3 is 2.10 bits per heavy atom. The van der Waals surface area contributed by atoms with Crippen LogP contribution in [0.3, 0.4) is 0 Å².